The molecule has 0 heterocycles. The summed E-state index contributed by atoms with van der Waals surface area (Å²) in [6, 6.07) is 0. The molecule has 0 aromatic carbocycles. The van der Waals surface area contributed by atoms with E-state index in [0.717, 1.165) is 64.2 Å². The molecule has 1 atom stereocenters. The first-order chi connectivity index (χ1) is 27.5. The van der Waals surface area contributed by atoms with Gasteiger partial charge < -0.3 is 14.2 Å². The smallest absolute Gasteiger partial charge is 0.306 e. The van der Waals surface area contributed by atoms with Crippen LogP contribution in [-0.2, 0) is 28.6 Å². The Bertz CT molecular complexity index is 870. The fourth-order valence-corrected chi connectivity index (χ4v) is 7.25. The normalized spacial score (nSPS) is 12.0. The fourth-order valence-electron chi connectivity index (χ4n) is 7.25. The van der Waals surface area contributed by atoms with Crippen LogP contribution in [0.2, 0.25) is 0 Å². The van der Waals surface area contributed by atoms with Gasteiger partial charge in [0, 0.05) is 19.3 Å². The molecule has 0 aliphatic rings. The van der Waals surface area contributed by atoms with E-state index < -0.39 is 6.10 Å². The summed E-state index contributed by atoms with van der Waals surface area (Å²) in [7, 11) is 0. The highest BCUT2D eigenvalue weighted by molar-refractivity contribution is 5.71. The summed E-state index contributed by atoms with van der Waals surface area (Å²) in [6.45, 7) is 6.61. The number of unbranched alkanes of at least 4 members (excludes halogenated alkanes) is 32. The first-order valence-corrected chi connectivity index (χ1v) is 24.7. The lowest BCUT2D eigenvalue weighted by Crippen LogP contribution is -2.30. The lowest BCUT2D eigenvalue weighted by Gasteiger charge is -2.18. The molecule has 6 heteroatoms. The van der Waals surface area contributed by atoms with E-state index in [4.69, 9.17) is 14.2 Å². The Morgan fingerprint density at radius 1 is 0.339 bits per heavy atom. The third-order valence-corrected chi connectivity index (χ3v) is 11.0. The van der Waals surface area contributed by atoms with Gasteiger partial charge in [-0.1, -0.05) is 226 Å². The molecule has 56 heavy (non-hydrogen) atoms. The minimum atomic E-state index is -0.765. The van der Waals surface area contributed by atoms with Gasteiger partial charge in [-0.3, -0.25) is 14.4 Å². The van der Waals surface area contributed by atoms with Crippen molar-refractivity contribution in [2.24, 2.45) is 0 Å². The number of ether oxygens (including phenoxy) is 3. The second-order valence-electron chi connectivity index (χ2n) is 16.7. The number of allylic oxidation sites excluding steroid dienone is 2. The zero-order chi connectivity index (χ0) is 40.8. The second kappa shape index (κ2) is 45.8. The molecular weight excluding hydrogens is 697 g/mol. The van der Waals surface area contributed by atoms with Gasteiger partial charge in [0.1, 0.15) is 13.2 Å². The highest BCUT2D eigenvalue weighted by Crippen LogP contribution is 2.16. The van der Waals surface area contributed by atoms with Crippen LogP contribution in [0.25, 0.3) is 0 Å². The van der Waals surface area contributed by atoms with E-state index in [1.807, 2.05) is 0 Å². The number of carbonyl (C=O) groups excluding carboxylic acids is 3. The van der Waals surface area contributed by atoms with Crippen LogP contribution < -0.4 is 0 Å². The predicted octanol–water partition coefficient (Wildman–Crippen LogP) is 15.8. The molecule has 0 bridgehead atoms. The van der Waals surface area contributed by atoms with Crippen molar-refractivity contribution in [2.75, 3.05) is 13.2 Å². The van der Waals surface area contributed by atoms with Crippen molar-refractivity contribution in [1.29, 1.82) is 0 Å². The molecule has 0 rings (SSSR count). The van der Waals surface area contributed by atoms with E-state index in [1.54, 1.807) is 0 Å². The molecule has 0 saturated heterocycles. The van der Waals surface area contributed by atoms with Gasteiger partial charge in [0.25, 0.3) is 0 Å². The summed E-state index contributed by atoms with van der Waals surface area (Å²) in [5.74, 6) is -0.865. The van der Waals surface area contributed by atoms with Crippen molar-refractivity contribution in [3.8, 4) is 0 Å². The molecule has 0 aliphatic carbocycles. The van der Waals surface area contributed by atoms with Crippen LogP contribution in [0.5, 0.6) is 0 Å². The summed E-state index contributed by atoms with van der Waals surface area (Å²) < 4.78 is 16.7. The third kappa shape index (κ3) is 43.3. The summed E-state index contributed by atoms with van der Waals surface area (Å²) >= 11 is 0. The maximum Gasteiger partial charge on any atom is 0.306 e. The highest BCUT2D eigenvalue weighted by Gasteiger charge is 2.19. The topological polar surface area (TPSA) is 78.9 Å². The maximum absolute atomic E-state index is 12.7. The monoisotopic (exact) mass is 791 g/mol. The SMILES string of the molecule is CCCC/C=C\CCCCCCCC(=O)OC[C@H](COC(=O)CCCCCCCCCCCCCCCCC)OC(=O)CCCCCCCCCCCCCC. The molecule has 0 aromatic heterocycles. The van der Waals surface area contributed by atoms with Crippen molar-refractivity contribution in [2.45, 2.75) is 277 Å². The van der Waals surface area contributed by atoms with Crippen LogP contribution in [0.15, 0.2) is 12.2 Å². The van der Waals surface area contributed by atoms with E-state index in [-0.39, 0.29) is 31.1 Å². The van der Waals surface area contributed by atoms with Gasteiger partial charge in [0.15, 0.2) is 6.10 Å². The molecular formula is C50H94O6. The van der Waals surface area contributed by atoms with Gasteiger partial charge in [0.05, 0.1) is 0 Å². The van der Waals surface area contributed by atoms with Crippen LogP contribution in [0.1, 0.15) is 271 Å². The molecule has 330 valence electrons. The highest BCUT2D eigenvalue weighted by atomic mass is 16.6. The minimum absolute atomic E-state index is 0.0675. The molecule has 0 N–H and O–H groups in total. The molecule has 0 aliphatic heterocycles. The number of hydrogen-bond donors (Lipinski definition) is 0. The van der Waals surface area contributed by atoms with Crippen molar-refractivity contribution in [3.63, 3.8) is 0 Å². The lowest BCUT2D eigenvalue weighted by atomic mass is 10.0. The zero-order valence-electron chi connectivity index (χ0n) is 37.7. The summed E-state index contributed by atoms with van der Waals surface area (Å²) in [4.78, 5) is 37.8. The Balaban J connectivity index is 4.31. The maximum atomic E-state index is 12.7. The van der Waals surface area contributed by atoms with Crippen LogP contribution in [-0.4, -0.2) is 37.2 Å². The van der Waals surface area contributed by atoms with E-state index in [0.29, 0.717) is 19.3 Å². The average molecular weight is 791 g/mol. The molecule has 0 saturated carbocycles. The standard InChI is InChI=1S/C50H94O6/c1-4-7-10-13-16-19-22-24-25-26-29-31-34-37-40-43-49(52)55-46-47(45-54-48(51)42-39-36-33-30-27-21-18-15-12-9-6-3)56-50(53)44-41-38-35-32-28-23-20-17-14-11-8-5-2/h15,18,47H,4-14,16-17,19-46H2,1-3H3/b18-15-/t47-/m1/s1. The predicted molar refractivity (Wildman–Crippen MR) is 238 cm³/mol. The lowest BCUT2D eigenvalue weighted by molar-refractivity contribution is -0.167. The van der Waals surface area contributed by atoms with Crippen molar-refractivity contribution >= 4 is 17.9 Å². The molecule has 0 spiro atoms. The first kappa shape index (κ1) is 54.2. The summed E-state index contributed by atoms with van der Waals surface area (Å²) in [5.41, 5.74) is 0. The van der Waals surface area contributed by atoms with Crippen LogP contribution in [0.3, 0.4) is 0 Å². The molecule has 0 radical (unpaired) electrons. The molecule has 6 nitrogen and oxygen atoms in total. The van der Waals surface area contributed by atoms with Crippen LogP contribution >= 0.6 is 0 Å². The van der Waals surface area contributed by atoms with E-state index in [1.165, 1.54) is 167 Å². The quantitative estimate of drug-likeness (QED) is 0.0264. The van der Waals surface area contributed by atoms with Crippen LogP contribution in [0, 0.1) is 0 Å². The Morgan fingerprint density at radius 3 is 0.946 bits per heavy atom. The number of hydrogen-bond acceptors (Lipinski definition) is 6. The zero-order valence-corrected chi connectivity index (χ0v) is 37.7. The van der Waals surface area contributed by atoms with Gasteiger partial charge in [-0.25, -0.2) is 0 Å². The van der Waals surface area contributed by atoms with Gasteiger partial charge >= 0.3 is 17.9 Å². The van der Waals surface area contributed by atoms with E-state index in [9.17, 15) is 14.4 Å². The van der Waals surface area contributed by atoms with Gasteiger partial charge in [-0.2, -0.15) is 0 Å². The Kier molecular flexibility index (Phi) is 44.3. The number of rotatable bonds is 45. The fraction of sp³-hybridized carbons (Fsp3) is 0.900. The van der Waals surface area contributed by atoms with E-state index in [2.05, 4.69) is 32.9 Å². The molecule has 0 aromatic rings. The van der Waals surface area contributed by atoms with Crippen molar-refractivity contribution < 1.29 is 28.6 Å². The van der Waals surface area contributed by atoms with Gasteiger partial charge in [-0.05, 0) is 38.5 Å². The summed E-state index contributed by atoms with van der Waals surface area (Å²) in [6.07, 6.45) is 49.0. The van der Waals surface area contributed by atoms with Crippen molar-refractivity contribution in [1.82, 2.24) is 0 Å². The Hall–Kier alpha value is -1.85. The van der Waals surface area contributed by atoms with Gasteiger partial charge in [-0.15, -0.1) is 0 Å². The number of carbonyl (C=O) groups is 3. The molecule has 0 amide bonds. The first-order valence-electron chi connectivity index (χ1n) is 24.7. The summed E-state index contributed by atoms with van der Waals surface area (Å²) in [5, 5.41) is 0. The molecule has 0 unspecified atom stereocenters. The largest absolute Gasteiger partial charge is 0.462 e. The Morgan fingerprint density at radius 2 is 0.607 bits per heavy atom. The average Bonchev–Trinajstić information content (AvgIpc) is 3.19. The third-order valence-electron chi connectivity index (χ3n) is 11.0. The minimum Gasteiger partial charge on any atom is -0.462 e. The Labute approximate surface area is 348 Å². The van der Waals surface area contributed by atoms with E-state index >= 15 is 0 Å². The molecule has 0 fully saturated rings. The van der Waals surface area contributed by atoms with Crippen LogP contribution in [0.4, 0.5) is 0 Å². The second-order valence-corrected chi connectivity index (χ2v) is 16.7. The number of esters is 3. The van der Waals surface area contributed by atoms with Crippen molar-refractivity contribution in [3.05, 3.63) is 12.2 Å². The van der Waals surface area contributed by atoms with Gasteiger partial charge in [0.2, 0.25) is 0 Å².